The largest absolute Gasteiger partial charge is 0.420 e. The van der Waals surface area contributed by atoms with Gasteiger partial charge in [0, 0.05) is 12.5 Å². The fourth-order valence-corrected chi connectivity index (χ4v) is 2.92. The van der Waals surface area contributed by atoms with Gasteiger partial charge in [0.2, 0.25) is 5.91 Å². The van der Waals surface area contributed by atoms with Gasteiger partial charge in [-0.05, 0) is 18.5 Å². The fourth-order valence-electron chi connectivity index (χ4n) is 1.93. The van der Waals surface area contributed by atoms with Crippen LogP contribution in [0.1, 0.15) is 20.8 Å². The Morgan fingerprint density at radius 1 is 1.50 bits per heavy atom. The van der Waals surface area contributed by atoms with Crippen LogP contribution in [0.15, 0.2) is 0 Å². The molecular weight excluding hydrogens is 242 g/mol. The smallest absolute Gasteiger partial charge is 0.228 e. The van der Waals surface area contributed by atoms with Crippen molar-refractivity contribution in [2.75, 3.05) is 6.61 Å². The summed E-state index contributed by atoms with van der Waals surface area (Å²) < 4.78 is 5.78. The Balaban J connectivity index is 2.68. The number of hydrogen-bond donors (Lipinski definition) is 1. The topological polar surface area (TPSA) is 38.3 Å². The Labute approximate surface area is 105 Å². The molecule has 16 heavy (non-hydrogen) atoms. The number of halogens is 1. The number of hydrogen-bond acceptors (Lipinski definition) is 2. The van der Waals surface area contributed by atoms with Crippen LogP contribution in [-0.4, -0.2) is 27.1 Å². The molecule has 0 bridgehead atoms. The van der Waals surface area contributed by atoms with Gasteiger partial charge in [-0.25, -0.2) is 0 Å². The first-order valence-corrected chi connectivity index (χ1v) is 9.01. The number of nitrogens with one attached hydrogen (secondary N) is 1. The second kappa shape index (κ2) is 5.06. The SMILES string of the molecule is C[SiH](C)OC[C@H]([C@H]1C(=O)N[C@@H]1Cl)C(C)(C)C. The lowest BCUT2D eigenvalue weighted by Crippen LogP contribution is -2.60. The van der Waals surface area contributed by atoms with Crippen LogP contribution in [0.25, 0.3) is 0 Å². The van der Waals surface area contributed by atoms with Gasteiger partial charge in [-0.15, -0.1) is 0 Å². The van der Waals surface area contributed by atoms with E-state index in [0.717, 1.165) is 0 Å². The van der Waals surface area contributed by atoms with Gasteiger partial charge in [0.25, 0.3) is 0 Å². The highest BCUT2D eigenvalue weighted by molar-refractivity contribution is 6.48. The first-order valence-electron chi connectivity index (χ1n) is 5.79. The fraction of sp³-hybridized carbons (Fsp3) is 0.909. The molecule has 5 heteroatoms. The highest BCUT2D eigenvalue weighted by atomic mass is 35.5. The Morgan fingerprint density at radius 2 is 2.06 bits per heavy atom. The van der Waals surface area contributed by atoms with E-state index in [1.165, 1.54) is 0 Å². The van der Waals surface area contributed by atoms with E-state index in [1.54, 1.807) is 0 Å². The summed E-state index contributed by atoms with van der Waals surface area (Å²) in [7, 11) is -1.04. The van der Waals surface area contributed by atoms with E-state index < -0.39 is 9.04 Å². The van der Waals surface area contributed by atoms with E-state index in [2.05, 4.69) is 39.2 Å². The molecular formula is C11H22ClNO2Si. The summed E-state index contributed by atoms with van der Waals surface area (Å²) in [4.78, 5) is 11.5. The molecule has 0 aromatic heterocycles. The predicted molar refractivity (Wildman–Crippen MR) is 69.0 cm³/mol. The summed E-state index contributed by atoms with van der Waals surface area (Å²) in [5, 5.41) is 2.68. The molecule has 0 spiro atoms. The average molecular weight is 264 g/mol. The minimum atomic E-state index is -1.04. The zero-order valence-electron chi connectivity index (χ0n) is 10.7. The molecule has 0 unspecified atom stereocenters. The molecule has 1 rings (SSSR count). The van der Waals surface area contributed by atoms with Crippen LogP contribution in [-0.2, 0) is 9.22 Å². The van der Waals surface area contributed by atoms with Crippen molar-refractivity contribution in [1.82, 2.24) is 5.32 Å². The van der Waals surface area contributed by atoms with Gasteiger partial charge in [-0.1, -0.05) is 32.4 Å². The Kier molecular flexibility index (Phi) is 4.43. The third kappa shape index (κ3) is 3.21. The van der Waals surface area contributed by atoms with Crippen LogP contribution < -0.4 is 5.32 Å². The molecule has 3 atom stereocenters. The van der Waals surface area contributed by atoms with Gasteiger partial charge < -0.3 is 9.74 Å². The quantitative estimate of drug-likeness (QED) is 0.365. The third-order valence-electron chi connectivity index (χ3n) is 3.05. The minimum absolute atomic E-state index is 0.0405. The van der Waals surface area contributed by atoms with Crippen molar-refractivity contribution in [1.29, 1.82) is 0 Å². The standard InChI is InChI=1S/C11H22ClNO2Si/c1-11(2,3)7(6-15-16(4)5)8-9(12)13-10(8)14/h7-9,16H,6H2,1-5H3,(H,13,14)/t7-,8-,9+/m1/s1. The molecule has 0 radical (unpaired) electrons. The molecule has 1 N–H and O–H groups in total. The van der Waals surface area contributed by atoms with Gasteiger partial charge in [-0.3, -0.25) is 4.79 Å². The van der Waals surface area contributed by atoms with Crippen molar-refractivity contribution in [3.63, 3.8) is 0 Å². The first-order chi connectivity index (χ1) is 7.23. The lowest BCUT2D eigenvalue weighted by molar-refractivity contribution is -0.138. The van der Waals surface area contributed by atoms with Crippen LogP contribution in [0.5, 0.6) is 0 Å². The Hall–Kier alpha value is -0.0631. The van der Waals surface area contributed by atoms with Crippen molar-refractivity contribution in [2.45, 2.75) is 39.4 Å². The summed E-state index contributed by atoms with van der Waals surface area (Å²) in [6.45, 7) is 11.3. The maximum atomic E-state index is 11.5. The number of carbonyl (C=O) groups is 1. The van der Waals surface area contributed by atoms with Gasteiger partial charge in [0.15, 0.2) is 9.04 Å². The lowest BCUT2D eigenvalue weighted by atomic mass is 9.71. The average Bonchev–Trinajstić information content (AvgIpc) is 2.09. The number of carbonyl (C=O) groups excluding carboxylic acids is 1. The maximum absolute atomic E-state index is 11.5. The molecule has 1 fully saturated rings. The molecule has 0 aliphatic carbocycles. The van der Waals surface area contributed by atoms with Crippen LogP contribution in [0.2, 0.25) is 13.1 Å². The molecule has 94 valence electrons. The summed E-state index contributed by atoms with van der Waals surface area (Å²) >= 11 is 6.05. The molecule has 1 saturated heterocycles. The van der Waals surface area contributed by atoms with Crippen molar-refractivity contribution < 1.29 is 9.22 Å². The monoisotopic (exact) mass is 263 g/mol. The van der Waals surface area contributed by atoms with Gasteiger partial charge in [0.05, 0.1) is 5.92 Å². The van der Waals surface area contributed by atoms with Crippen molar-refractivity contribution in [2.24, 2.45) is 17.3 Å². The number of β-lactam (4-membered cyclic amide) rings is 1. The zero-order chi connectivity index (χ0) is 12.5. The predicted octanol–water partition coefficient (Wildman–Crippen LogP) is 1.96. The van der Waals surface area contributed by atoms with Gasteiger partial charge >= 0.3 is 0 Å². The summed E-state index contributed by atoms with van der Waals surface area (Å²) in [5.74, 6) is 0.155. The number of amides is 1. The minimum Gasteiger partial charge on any atom is -0.420 e. The van der Waals surface area contributed by atoms with Crippen LogP contribution in [0.3, 0.4) is 0 Å². The number of rotatable bonds is 4. The molecule has 1 aliphatic heterocycles. The van der Waals surface area contributed by atoms with Crippen LogP contribution in [0, 0.1) is 17.3 Å². The molecule has 1 amide bonds. The van der Waals surface area contributed by atoms with Crippen molar-refractivity contribution in [3.05, 3.63) is 0 Å². The van der Waals surface area contributed by atoms with E-state index in [9.17, 15) is 4.79 Å². The first kappa shape index (κ1) is 14.0. The van der Waals surface area contributed by atoms with E-state index in [-0.39, 0.29) is 28.7 Å². The molecule has 0 aromatic rings. The lowest BCUT2D eigenvalue weighted by Gasteiger charge is -2.44. The highest BCUT2D eigenvalue weighted by Crippen LogP contribution is 2.38. The van der Waals surface area contributed by atoms with Crippen molar-refractivity contribution >= 4 is 26.5 Å². The molecule has 1 heterocycles. The zero-order valence-corrected chi connectivity index (χ0v) is 12.6. The van der Waals surface area contributed by atoms with Crippen molar-refractivity contribution in [3.8, 4) is 0 Å². The summed E-state index contributed by atoms with van der Waals surface area (Å²) in [5.41, 5.74) is -0.187. The summed E-state index contributed by atoms with van der Waals surface area (Å²) in [6, 6.07) is 0. The van der Waals surface area contributed by atoms with Crippen LogP contribution in [0.4, 0.5) is 0 Å². The van der Waals surface area contributed by atoms with E-state index in [1.807, 2.05) is 0 Å². The molecule has 1 aliphatic rings. The van der Waals surface area contributed by atoms with E-state index in [0.29, 0.717) is 6.61 Å². The summed E-state index contributed by atoms with van der Waals surface area (Å²) in [6.07, 6.45) is 0. The van der Waals surface area contributed by atoms with E-state index >= 15 is 0 Å². The van der Waals surface area contributed by atoms with Gasteiger partial charge in [0.1, 0.15) is 5.50 Å². The normalized spacial score (nSPS) is 27.6. The third-order valence-corrected chi connectivity index (χ3v) is 4.29. The molecule has 0 aromatic carbocycles. The molecule has 0 saturated carbocycles. The number of alkyl halides is 1. The maximum Gasteiger partial charge on any atom is 0.228 e. The second-order valence-corrected chi connectivity index (χ2v) is 8.69. The van der Waals surface area contributed by atoms with Crippen LogP contribution >= 0.6 is 11.6 Å². The van der Waals surface area contributed by atoms with Gasteiger partial charge in [-0.2, -0.15) is 0 Å². The van der Waals surface area contributed by atoms with E-state index in [4.69, 9.17) is 16.0 Å². The highest BCUT2D eigenvalue weighted by Gasteiger charge is 2.47. The Bertz CT molecular complexity index is 265. The second-order valence-electron chi connectivity index (χ2n) is 5.79. The Morgan fingerprint density at radius 3 is 2.38 bits per heavy atom. The molecule has 3 nitrogen and oxygen atoms in total.